The maximum absolute atomic E-state index is 11.7. The molecule has 3 nitrogen and oxygen atoms in total. The molecule has 1 aliphatic rings. The third-order valence-electron chi connectivity index (χ3n) is 3.16. The summed E-state index contributed by atoms with van der Waals surface area (Å²) < 4.78 is 0. The zero-order valence-electron chi connectivity index (χ0n) is 9.33. The smallest absolute Gasteiger partial charge is 0.220 e. The van der Waals surface area contributed by atoms with E-state index in [-0.39, 0.29) is 24.0 Å². The first-order valence-electron chi connectivity index (χ1n) is 5.67. The molecular weight excluding hydrogens is 210 g/mol. The Morgan fingerprint density at radius 3 is 2.67 bits per heavy atom. The van der Waals surface area contributed by atoms with Crippen molar-refractivity contribution in [1.82, 2.24) is 5.32 Å². The van der Waals surface area contributed by atoms with E-state index < -0.39 is 0 Å². The Morgan fingerprint density at radius 1 is 1.60 bits per heavy atom. The fourth-order valence-corrected chi connectivity index (χ4v) is 2.15. The third-order valence-corrected chi connectivity index (χ3v) is 3.83. The zero-order valence-corrected chi connectivity index (χ0v) is 10.2. The average molecular weight is 231 g/mol. The second-order valence-corrected chi connectivity index (χ2v) is 4.84. The quantitative estimate of drug-likeness (QED) is 0.580. The third kappa shape index (κ3) is 4.03. The summed E-state index contributed by atoms with van der Waals surface area (Å²) >= 11 is 4.27. The van der Waals surface area contributed by atoms with Gasteiger partial charge in [-0.2, -0.15) is 12.6 Å². The first-order valence-corrected chi connectivity index (χ1v) is 6.30. The van der Waals surface area contributed by atoms with Crippen molar-refractivity contribution >= 4 is 18.5 Å². The second kappa shape index (κ2) is 5.75. The second-order valence-electron chi connectivity index (χ2n) is 4.52. The number of carbonyl (C=O) groups is 1. The van der Waals surface area contributed by atoms with E-state index in [1.54, 1.807) is 0 Å². The molecule has 0 aliphatic heterocycles. The number of carbonyl (C=O) groups excluding carboxylic acids is 1. The first kappa shape index (κ1) is 12.8. The Hall–Kier alpha value is -0.220. The zero-order chi connectivity index (χ0) is 11.3. The van der Waals surface area contributed by atoms with Crippen molar-refractivity contribution in [3.63, 3.8) is 0 Å². The van der Waals surface area contributed by atoms with Crippen LogP contribution in [0.15, 0.2) is 0 Å². The molecule has 0 bridgehead atoms. The Balaban J connectivity index is 2.28. The van der Waals surface area contributed by atoms with E-state index in [4.69, 9.17) is 5.11 Å². The minimum atomic E-state index is 0.113. The highest BCUT2D eigenvalue weighted by molar-refractivity contribution is 7.80. The molecule has 1 atom stereocenters. The van der Waals surface area contributed by atoms with Gasteiger partial charge in [-0.1, -0.05) is 6.92 Å². The number of hydrogen-bond donors (Lipinski definition) is 3. The van der Waals surface area contributed by atoms with Gasteiger partial charge in [0.2, 0.25) is 5.91 Å². The van der Waals surface area contributed by atoms with E-state index in [2.05, 4.69) is 17.9 Å². The monoisotopic (exact) mass is 231 g/mol. The van der Waals surface area contributed by atoms with Crippen LogP contribution in [0.2, 0.25) is 0 Å². The summed E-state index contributed by atoms with van der Waals surface area (Å²) in [4.78, 5) is 11.7. The minimum Gasteiger partial charge on any atom is -0.396 e. The van der Waals surface area contributed by atoms with E-state index in [0.29, 0.717) is 12.8 Å². The van der Waals surface area contributed by atoms with Crippen LogP contribution in [0.1, 0.15) is 39.0 Å². The van der Waals surface area contributed by atoms with Gasteiger partial charge in [0, 0.05) is 19.1 Å². The molecule has 88 valence electrons. The molecular formula is C11H21NO2S. The Labute approximate surface area is 97.0 Å². The molecule has 0 saturated heterocycles. The number of nitrogens with one attached hydrogen (secondary N) is 1. The summed E-state index contributed by atoms with van der Waals surface area (Å²) in [5.74, 6) is 0.916. The van der Waals surface area contributed by atoms with Crippen LogP contribution in [0.4, 0.5) is 0 Å². The molecule has 4 heteroatoms. The highest BCUT2D eigenvalue weighted by Crippen LogP contribution is 2.49. The van der Waals surface area contributed by atoms with Gasteiger partial charge in [-0.25, -0.2) is 0 Å². The van der Waals surface area contributed by atoms with Gasteiger partial charge in [0.05, 0.1) is 0 Å². The maximum Gasteiger partial charge on any atom is 0.220 e. The van der Waals surface area contributed by atoms with Crippen LogP contribution < -0.4 is 5.32 Å². The van der Waals surface area contributed by atoms with E-state index in [1.807, 2.05) is 6.92 Å². The first-order chi connectivity index (χ1) is 7.15. The number of rotatable bonds is 7. The molecule has 1 rings (SSSR count). The summed E-state index contributed by atoms with van der Waals surface area (Å²) in [5, 5.41) is 11.8. The SMILES string of the molecule is CCC(CCO)NC(=O)CC1(CS)CC1. The minimum absolute atomic E-state index is 0.113. The number of amides is 1. The lowest BCUT2D eigenvalue weighted by Gasteiger charge is -2.18. The molecule has 0 heterocycles. The molecule has 0 aromatic carbocycles. The summed E-state index contributed by atoms with van der Waals surface area (Å²) in [7, 11) is 0. The Morgan fingerprint density at radius 2 is 2.27 bits per heavy atom. The predicted molar refractivity (Wildman–Crippen MR) is 64.1 cm³/mol. The van der Waals surface area contributed by atoms with Crippen molar-refractivity contribution in [3.05, 3.63) is 0 Å². The molecule has 1 amide bonds. The highest BCUT2D eigenvalue weighted by Gasteiger charge is 2.42. The van der Waals surface area contributed by atoms with Gasteiger partial charge in [0.25, 0.3) is 0 Å². The Bertz CT molecular complexity index is 217. The predicted octanol–water partition coefficient (Wildman–Crippen LogP) is 1.36. The van der Waals surface area contributed by atoms with Crippen LogP contribution in [0.3, 0.4) is 0 Å². The van der Waals surface area contributed by atoms with Crippen LogP contribution >= 0.6 is 12.6 Å². The van der Waals surface area contributed by atoms with Gasteiger partial charge < -0.3 is 10.4 Å². The lowest BCUT2D eigenvalue weighted by molar-refractivity contribution is -0.122. The van der Waals surface area contributed by atoms with Crippen LogP contribution in [0.5, 0.6) is 0 Å². The highest BCUT2D eigenvalue weighted by atomic mass is 32.1. The van der Waals surface area contributed by atoms with Crippen molar-refractivity contribution in [2.45, 2.75) is 45.1 Å². The summed E-state index contributed by atoms with van der Waals surface area (Å²) in [6, 6.07) is 0.123. The largest absolute Gasteiger partial charge is 0.396 e. The number of hydrogen-bond acceptors (Lipinski definition) is 3. The van der Waals surface area contributed by atoms with Crippen molar-refractivity contribution in [3.8, 4) is 0 Å². The maximum atomic E-state index is 11.7. The number of aliphatic hydroxyl groups is 1. The molecule has 1 saturated carbocycles. The lowest BCUT2D eigenvalue weighted by Crippen LogP contribution is -2.36. The molecule has 1 unspecified atom stereocenters. The summed E-state index contributed by atoms with van der Waals surface area (Å²) in [5.41, 5.74) is 0.185. The molecule has 0 aromatic heterocycles. The van der Waals surface area contributed by atoms with Gasteiger partial charge in [0.15, 0.2) is 0 Å². The van der Waals surface area contributed by atoms with E-state index in [1.165, 1.54) is 0 Å². The molecule has 2 N–H and O–H groups in total. The van der Waals surface area contributed by atoms with E-state index in [9.17, 15) is 4.79 Å². The molecule has 0 spiro atoms. The summed E-state index contributed by atoms with van der Waals surface area (Å²) in [6.45, 7) is 2.16. The molecule has 0 aromatic rings. The van der Waals surface area contributed by atoms with E-state index >= 15 is 0 Å². The van der Waals surface area contributed by atoms with Crippen LogP contribution in [0.25, 0.3) is 0 Å². The van der Waals surface area contributed by atoms with Crippen molar-refractivity contribution < 1.29 is 9.90 Å². The Kier molecular flexibility index (Phi) is 4.93. The average Bonchev–Trinajstić information content (AvgIpc) is 2.97. The fraction of sp³-hybridized carbons (Fsp3) is 0.909. The van der Waals surface area contributed by atoms with E-state index in [0.717, 1.165) is 25.0 Å². The van der Waals surface area contributed by atoms with Crippen molar-refractivity contribution in [1.29, 1.82) is 0 Å². The molecule has 0 radical (unpaired) electrons. The lowest BCUT2D eigenvalue weighted by atomic mass is 10.0. The van der Waals surface area contributed by atoms with Crippen molar-refractivity contribution in [2.75, 3.05) is 12.4 Å². The van der Waals surface area contributed by atoms with Crippen LogP contribution in [-0.4, -0.2) is 29.4 Å². The van der Waals surface area contributed by atoms with Gasteiger partial charge in [-0.15, -0.1) is 0 Å². The van der Waals surface area contributed by atoms with Gasteiger partial charge in [-0.3, -0.25) is 4.79 Å². The number of aliphatic hydroxyl groups excluding tert-OH is 1. The fourth-order valence-electron chi connectivity index (χ4n) is 1.72. The molecule has 1 aliphatic carbocycles. The normalized spacial score (nSPS) is 19.7. The van der Waals surface area contributed by atoms with Crippen molar-refractivity contribution in [2.24, 2.45) is 5.41 Å². The number of thiol groups is 1. The summed E-state index contributed by atoms with van der Waals surface area (Å²) in [6.07, 6.45) is 4.37. The topological polar surface area (TPSA) is 49.3 Å². The standard InChI is InChI=1S/C11H21NO2S/c1-2-9(3-6-13)12-10(14)7-11(8-15)4-5-11/h9,13,15H,2-8H2,1H3,(H,12,14). The van der Waals surface area contributed by atoms with Gasteiger partial charge in [0.1, 0.15) is 0 Å². The molecule has 15 heavy (non-hydrogen) atoms. The van der Waals surface area contributed by atoms with Gasteiger partial charge in [-0.05, 0) is 36.9 Å². The van der Waals surface area contributed by atoms with Crippen LogP contribution in [0, 0.1) is 5.41 Å². The van der Waals surface area contributed by atoms with Crippen LogP contribution in [-0.2, 0) is 4.79 Å². The van der Waals surface area contributed by atoms with Gasteiger partial charge >= 0.3 is 0 Å². The molecule has 1 fully saturated rings.